The molecule has 7 rings (SSSR count). The third-order valence-electron chi connectivity index (χ3n) is 7.29. The number of rotatable bonds is 2. The van der Waals surface area contributed by atoms with E-state index in [1.807, 2.05) is 24.3 Å². The van der Waals surface area contributed by atoms with Gasteiger partial charge in [-0.15, -0.1) is 16.4 Å². The normalized spacial score (nSPS) is 11.8. The molecule has 0 saturated carbocycles. The van der Waals surface area contributed by atoms with Gasteiger partial charge in [-0.1, -0.05) is 59.5 Å². The molecule has 0 N–H and O–H groups in total. The van der Waals surface area contributed by atoms with Gasteiger partial charge in [0.05, 0.1) is 11.0 Å². The van der Waals surface area contributed by atoms with Crippen LogP contribution in [0.5, 0.6) is 0 Å². The number of furan rings is 1. The quantitative estimate of drug-likeness (QED) is 0.364. The third-order valence-corrected chi connectivity index (χ3v) is 7.29. The Labute approximate surface area is 220 Å². The van der Waals surface area contributed by atoms with Gasteiger partial charge in [-0.2, -0.15) is 0 Å². The molecule has 0 aliphatic heterocycles. The van der Waals surface area contributed by atoms with Crippen molar-refractivity contribution in [2.24, 2.45) is 0 Å². The highest BCUT2D eigenvalue weighted by Gasteiger charge is 2.19. The largest absolute Gasteiger partial charge is 0.456 e. The molecule has 0 aliphatic rings. The van der Waals surface area contributed by atoms with Gasteiger partial charge in [0.2, 0.25) is 0 Å². The summed E-state index contributed by atoms with van der Waals surface area (Å²) in [5.74, 6) is 0. The van der Waals surface area contributed by atoms with Crippen molar-refractivity contribution in [2.45, 2.75) is 0 Å². The third kappa shape index (κ3) is 3.07. The standard InChI is InChI=1S/C30H14B5NO/c31-26-25(27(32)29(34)30(35)28(26)33)18-8-5-11-23-24(18)19-14-15(12-13-22(19)37-23)36-20-9-3-1-6-16(20)17-7-2-4-10-21(17)36/h1-14H. The van der Waals surface area contributed by atoms with E-state index < -0.39 is 0 Å². The molecule has 0 atom stereocenters. The van der Waals surface area contributed by atoms with Gasteiger partial charge in [0.25, 0.3) is 0 Å². The molecule has 0 amide bonds. The van der Waals surface area contributed by atoms with Crippen molar-refractivity contribution in [1.29, 1.82) is 0 Å². The Morgan fingerprint density at radius 2 is 1.11 bits per heavy atom. The Balaban J connectivity index is 1.58. The number of para-hydroxylation sites is 2. The number of nitrogens with zero attached hydrogens (tertiary/aromatic N) is 1. The summed E-state index contributed by atoms with van der Waals surface area (Å²) in [5, 5.41) is 4.20. The molecule has 2 heterocycles. The van der Waals surface area contributed by atoms with Crippen LogP contribution in [-0.4, -0.2) is 43.8 Å². The highest BCUT2D eigenvalue weighted by atomic mass is 16.3. The molecule has 0 unspecified atom stereocenters. The summed E-state index contributed by atoms with van der Waals surface area (Å²) in [6, 6.07) is 28.8. The Hall–Kier alpha value is -3.98. The maximum absolute atomic E-state index is 6.45. The highest BCUT2D eigenvalue weighted by molar-refractivity contribution is 6.68. The van der Waals surface area contributed by atoms with Crippen LogP contribution in [0.15, 0.2) is 89.3 Å². The second kappa shape index (κ2) is 8.01. The molecule has 0 aliphatic carbocycles. The molecule has 7 aromatic rings. The first-order valence-corrected chi connectivity index (χ1v) is 11.9. The van der Waals surface area contributed by atoms with Crippen LogP contribution in [0.3, 0.4) is 0 Å². The fourth-order valence-electron chi connectivity index (χ4n) is 5.50. The van der Waals surface area contributed by atoms with Crippen LogP contribution >= 0.6 is 0 Å². The molecule has 160 valence electrons. The molecule has 5 aromatic carbocycles. The van der Waals surface area contributed by atoms with E-state index in [0.717, 1.165) is 38.6 Å². The summed E-state index contributed by atoms with van der Waals surface area (Å²) in [7, 11) is 31.3. The van der Waals surface area contributed by atoms with E-state index in [1.54, 1.807) is 0 Å². The highest BCUT2D eigenvalue weighted by Crippen LogP contribution is 2.38. The van der Waals surface area contributed by atoms with E-state index in [-0.39, 0.29) is 16.4 Å². The Morgan fingerprint density at radius 3 is 1.76 bits per heavy atom. The van der Waals surface area contributed by atoms with Gasteiger partial charge in [0, 0.05) is 27.2 Å². The molecular weight excluding hydrogens is 444 g/mol. The molecule has 2 aromatic heterocycles. The zero-order valence-corrected chi connectivity index (χ0v) is 19.8. The fourth-order valence-corrected chi connectivity index (χ4v) is 5.50. The Morgan fingerprint density at radius 1 is 0.514 bits per heavy atom. The average molecular weight is 459 g/mol. The maximum Gasteiger partial charge on any atom is 0.136 e. The molecule has 0 saturated heterocycles. The van der Waals surface area contributed by atoms with Crippen molar-refractivity contribution in [2.75, 3.05) is 0 Å². The summed E-state index contributed by atoms with van der Waals surface area (Å²) < 4.78 is 8.52. The summed E-state index contributed by atoms with van der Waals surface area (Å²) >= 11 is 0. The van der Waals surface area contributed by atoms with Crippen molar-refractivity contribution < 1.29 is 4.42 Å². The summed E-state index contributed by atoms with van der Waals surface area (Å²) in [5.41, 5.74) is 7.29. The van der Waals surface area contributed by atoms with Gasteiger partial charge in [0.1, 0.15) is 50.4 Å². The molecule has 10 radical (unpaired) electrons. The van der Waals surface area contributed by atoms with E-state index >= 15 is 0 Å². The van der Waals surface area contributed by atoms with Crippen LogP contribution in [0.2, 0.25) is 0 Å². The molecule has 0 fully saturated rings. The van der Waals surface area contributed by atoms with E-state index in [4.69, 9.17) is 43.6 Å². The van der Waals surface area contributed by atoms with Gasteiger partial charge < -0.3 is 8.98 Å². The first-order chi connectivity index (χ1) is 18.0. The van der Waals surface area contributed by atoms with Gasteiger partial charge >= 0.3 is 0 Å². The summed E-state index contributed by atoms with van der Waals surface area (Å²) in [6.07, 6.45) is 0. The minimum atomic E-state index is 0.191. The fraction of sp³-hybridized carbons (Fsp3) is 0. The zero-order valence-electron chi connectivity index (χ0n) is 19.8. The SMILES string of the molecule is [B]c1c([B])c([B])c(-c2cccc3oc4ccc(-n5c6ccccc6c6ccccc65)cc4c23)c([B])c1[B]. The summed E-state index contributed by atoms with van der Waals surface area (Å²) in [4.78, 5) is 0. The van der Waals surface area contributed by atoms with E-state index in [1.165, 1.54) is 10.8 Å². The monoisotopic (exact) mass is 459 g/mol. The van der Waals surface area contributed by atoms with E-state index in [2.05, 4.69) is 65.2 Å². The maximum atomic E-state index is 6.45. The van der Waals surface area contributed by atoms with Crippen molar-refractivity contribution in [3.63, 3.8) is 0 Å². The molecular formula is C30H14B5NO. The number of fused-ring (bicyclic) bond motifs is 6. The van der Waals surface area contributed by atoms with Gasteiger partial charge in [-0.05, 0) is 47.5 Å². The van der Waals surface area contributed by atoms with Crippen molar-refractivity contribution in [1.82, 2.24) is 4.57 Å². The number of benzene rings is 5. The van der Waals surface area contributed by atoms with Crippen LogP contribution in [-0.2, 0) is 0 Å². The topological polar surface area (TPSA) is 18.1 Å². The first kappa shape index (κ1) is 22.2. The van der Waals surface area contributed by atoms with Crippen LogP contribution < -0.4 is 27.3 Å². The lowest BCUT2D eigenvalue weighted by atomic mass is 9.59. The zero-order chi connectivity index (χ0) is 25.4. The Bertz CT molecular complexity index is 1970. The van der Waals surface area contributed by atoms with Crippen LogP contribution in [0.4, 0.5) is 0 Å². The van der Waals surface area contributed by atoms with Gasteiger partial charge in [-0.25, -0.2) is 0 Å². The number of hydrogen-bond acceptors (Lipinski definition) is 1. The number of hydrogen-bond donors (Lipinski definition) is 0. The van der Waals surface area contributed by atoms with Gasteiger partial charge in [0.15, 0.2) is 0 Å². The first-order valence-electron chi connectivity index (χ1n) is 11.9. The Kier molecular flexibility index (Phi) is 4.82. The number of aromatic nitrogens is 1. The minimum Gasteiger partial charge on any atom is -0.456 e. The van der Waals surface area contributed by atoms with Crippen molar-refractivity contribution >= 4 is 110 Å². The predicted molar refractivity (Wildman–Crippen MR) is 160 cm³/mol. The van der Waals surface area contributed by atoms with Crippen molar-refractivity contribution in [3.05, 3.63) is 84.9 Å². The van der Waals surface area contributed by atoms with Gasteiger partial charge in [-0.3, -0.25) is 0 Å². The van der Waals surface area contributed by atoms with Crippen LogP contribution in [0, 0.1) is 0 Å². The molecule has 37 heavy (non-hydrogen) atoms. The lowest BCUT2D eigenvalue weighted by molar-refractivity contribution is 0.669. The van der Waals surface area contributed by atoms with E-state index in [0.29, 0.717) is 22.1 Å². The average Bonchev–Trinajstić information content (AvgIpc) is 3.46. The minimum absolute atomic E-state index is 0.191. The second-order valence-corrected chi connectivity index (χ2v) is 9.27. The lowest BCUT2D eigenvalue weighted by Crippen LogP contribution is -2.55. The van der Waals surface area contributed by atoms with Crippen LogP contribution in [0.1, 0.15) is 0 Å². The summed E-state index contributed by atoms with van der Waals surface area (Å²) in [6.45, 7) is 0. The molecule has 2 nitrogen and oxygen atoms in total. The molecule has 0 spiro atoms. The molecule has 0 bridgehead atoms. The predicted octanol–water partition coefficient (Wildman–Crippen LogP) is 2.32. The smallest absolute Gasteiger partial charge is 0.136 e. The van der Waals surface area contributed by atoms with Crippen LogP contribution in [0.25, 0.3) is 60.6 Å². The van der Waals surface area contributed by atoms with E-state index in [9.17, 15) is 0 Å². The lowest BCUT2D eigenvalue weighted by Gasteiger charge is -2.21. The van der Waals surface area contributed by atoms with Crippen molar-refractivity contribution in [3.8, 4) is 16.8 Å². The second-order valence-electron chi connectivity index (χ2n) is 9.27. The molecule has 7 heteroatoms.